The van der Waals surface area contributed by atoms with E-state index in [0.29, 0.717) is 28.0 Å². The standard InChI is InChI=1S/C30H23N5O5/c1-20-9-5-7-13-25(20)32-28(36)19-40-27-16-15-23(35(38)39)17-22(27)18-31-34-29(21-10-3-2-4-11-21)33-26-14-8-6-12-24(26)30(34)37/h2-18H,19H2,1H3,(H,32,36). The van der Waals surface area contributed by atoms with Crippen molar-refractivity contribution in [1.82, 2.24) is 9.66 Å². The first-order valence-corrected chi connectivity index (χ1v) is 12.3. The van der Waals surface area contributed by atoms with Crippen LogP contribution in [-0.4, -0.2) is 33.3 Å². The number of hydrogen-bond acceptors (Lipinski definition) is 7. The van der Waals surface area contributed by atoms with E-state index in [4.69, 9.17) is 4.74 Å². The summed E-state index contributed by atoms with van der Waals surface area (Å²) < 4.78 is 6.86. The largest absolute Gasteiger partial charge is 0.483 e. The highest BCUT2D eigenvalue weighted by Crippen LogP contribution is 2.24. The van der Waals surface area contributed by atoms with Crippen LogP contribution in [0.1, 0.15) is 11.1 Å². The van der Waals surface area contributed by atoms with Crippen LogP contribution in [0, 0.1) is 17.0 Å². The molecule has 0 aliphatic heterocycles. The summed E-state index contributed by atoms with van der Waals surface area (Å²) >= 11 is 0. The molecule has 0 fully saturated rings. The van der Waals surface area contributed by atoms with Gasteiger partial charge in [-0.3, -0.25) is 19.7 Å². The van der Waals surface area contributed by atoms with Gasteiger partial charge >= 0.3 is 0 Å². The van der Waals surface area contributed by atoms with Gasteiger partial charge in [0.05, 0.1) is 22.0 Å². The maximum Gasteiger partial charge on any atom is 0.282 e. The second-order valence-corrected chi connectivity index (χ2v) is 8.81. The summed E-state index contributed by atoms with van der Waals surface area (Å²) in [5.41, 5.74) is 2.30. The second kappa shape index (κ2) is 11.4. The number of nitrogens with one attached hydrogen (secondary N) is 1. The highest BCUT2D eigenvalue weighted by molar-refractivity contribution is 5.93. The molecule has 0 radical (unpaired) electrons. The Morgan fingerprint density at radius 1 is 1.02 bits per heavy atom. The lowest BCUT2D eigenvalue weighted by molar-refractivity contribution is -0.384. The topological polar surface area (TPSA) is 129 Å². The first-order chi connectivity index (χ1) is 19.4. The quantitative estimate of drug-likeness (QED) is 0.166. The zero-order chi connectivity index (χ0) is 28.1. The lowest BCUT2D eigenvalue weighted by atomic mass is 10.2. The van der Waals surface area contributed by atoms with E-state index in [2.05, 4.69) is 15.4 Å². The lowest BCUT2D eigenvalue weighted by Gasteiger charge is -2.12. The molecule has 0 atom stereocenters. The molecule has 10 nitrogen and oxygen atoms in total. The minimum absolute atomic E-state index is 0.178. The van der Waals surface area contributed by atoms with Gasteiger partial charge in [0.2, 0.25) is 0 Å². The Labute approximate surface area is 228 Å². The predicted octanol–water partition coefficient (Wildman–Crippen LogP) is 5.18. The predicted molar refractivity (Wildman–Crippen MR) is 153 cm³/mol. The van der Waals surface area contributed by atoms with Crippen molar-refractivity contribution in [3.05, 3.63) is 129 Å². The first kappa shape index (κ1) is 26.0. The minimum Gasteiger partial charge on any atom is -0.483 e. The Morgan fingerprint density at radius 2 is 1.75 bits per heavy atom. The van der Waals surface area contributed by atoms with Crippen molar-refractivity contribution in [2.45, 2.75) is 6.92 Å². The van der Waals surface area contributed by atoms with Crippen molar-refractivity contribution in [2.24, 2.45) is 5.10 Å². The van der Waals surface area contributed by atoms with Crippen LogP contribution in [-0.2, 0) is 4.79 Å². The van der Waals surface area contributed by atoms with Crippen molar-refractivity contribution in [2.75, 3.05) is 11.9 Å². The van der Waals surface area contributed by atoms with Gasteiger partial charge in [0.15, 0.2) is 12.4 Å². The number of rotatable bonds is 8. The third-order valence-corrected chi connectivity index (χ3v) is 6.08. The lowest BCUT2D eigenvalue weighted by Crippen LogP contribution is -2.21. The zero-order valence-corrected chi connectivity index (χ0v) is 21.4. The number of non-ortho nitro benzene ring substituents is 1. The Bertz CT molecular complexity index is 1820. The summed E-state index contributed by atoms with van der Waals surface area (Å²) in [5, 5.41) is 19.0. The third-order valence-electron chi connectivity index (χ3n) is 6.08. The molecule has 0 unspecified atom stereocenters. The van der Waals surface area contributed by atoms with Crippen LogP contribution < -0.4 is 15.6 Å². The average Bonchev–Trinajstić information content (AvgIpc) is 2.97. The summed E-state index contributed by atoms with van der Waals surface area (Å²) in [4.78, 5) is 41.5. The van der Waals surface area contributed by atoms with Crippen LogP contribution in [0.4, 0.5) is 11.4 Å². The molecule has 5 rings (SSSR count). The molecule has 0 spiro atoms. The highest BCUT2D eigenvalue weighted by atomic mass is 16.6. The SMILES string of the molecule is Cc1ccccc1NC(=O)COc1ccc([N+](=O)[O-])cc1C=Nn1c(-c2ccccc2)nc2ccccc2c1=O. The van der Waals surface area contributed by atoms with Gasteiger partial charge in [-0.05, 0) is 36.8 Å². The number of nitro benzene ring substituents is 1. The number of carbonyl (C=O) groups excluding carboxylic acids is 1. The summed E-state index contributed by atoms with van der Waals surface area (Å²) in [6.45, 7) is 1.52. The maximum absolute atomic E-state index is 13.4. The molecule has 0 saturated heterocycles. The number of ether oxygens (including phenoxy) is 1. The first-order valence-electron chi connectivity index (χ1n) is 12.3. The van der Waals surface area contributed by atoms with E-state index in [1.54, 1.807) is 42.5 Å². The molecule has 1 amide bonds. The number of hydrogen-bond donors (Lipinski definition) is 1. The Balaban J connectivity index is 1.51. The summed E-state index contributed by atoms with van der Waals surface area (Å²) in [6, 6.07) is 27.2. The third kappa shape index (κ3) is 5.60. The number of nitro groups is 1. The Kier molecular flexibility index (Phi) is 7.41. The molecule has 5 aromatic rings. The summed E-state index contributed by atoms with van der Waals surface area (Å²) in [5.74, 6) is 0.0697. The Hall–Kier alpha value is -5.64. The molecule has 0 aliphatic carbocycles. The molecule has 0 saturated carbocycles. The highest BCUT2D eigenvalue weighted by Gasteiger charge is 2.15. The van der Waals surface area contributed by atoms with Gasteiger partial charge in [-0.1, -0.05) is 60.7 Å². The summed E-state index contributed by atoms with van der Waals surface area (Å²) in [7, 11) is 0. The Morgan fingerprint density at radius 3 is 2.52 bits per heavy atom. The molecule has 0 bridgehead atoms. The minimum atomic E-state index is -0.550. The number of nitrogens with zero attached hydrogens (tertiary/aromatic N) is 4. The number of carbonyl (C=O) groups is 1. The van der Waals surface area contributed by atoms with Gasteiger partial charge in [0.1, 0.15) is 5.75 Å². The smallest absolute Gasteiger partial charge is 0.282 e. The van der Waals surface area contributed by atoms with Gasteiger partial charge in [-0.2, -0.15) is 9.78 Å². The van der Waals surface area contributed by atoms with E-state index in [1.807, 2.05) is 43.3 Å². The van der Waals surface area contributed by atoms with E-state index in [1.165, 1.54) is 24.4 Å². The van der Waals surface area contributed by atoms with Crippen LogP contribution in [0.5, 0.6) is 5.75 Å². The van der Waals surface area contributed by atoms with Crippen LogP contribution in [0.2, 0.25) is 0 Å². The zero-order valence-electron chi connectivity index (χ0n) is 21.4. The van der Waals surface area contributed by atoms with Crippen molar-refractivity contribution >= 4 is 34.4 Å². The fourth-order valence-electron chi connectivity index (χ4n) is 4.05. The van der Waals surface area contributed by atoms with Crippen molar-refractivity contribution in [1.29, 1.82) is 0 Å². The fraction of sp³-hybridized carbons (Fsp3) is 0.0667. The van der Waals surface area contributed by atoms with Crippen LogP contribution >= 0.6 is 0 Å². The molecule has 1 heterocycles. The van der Waals surface area contributed by atoms with Crippen LogP contribution in [0.3, 0.4) is 0 Å². The van der Waals surface area contributed by atoms with Crippen molar-refractivity contribution < 1.29 is 14.5 Å². The fourth-order valence-corrected chi connectivity index (χ4v) is 4.05. The molecular formula is C30H23N5O5. The molecular weight excluding hydrogens is 510 g/mol. The number of fused-ring (bicyclic) bond motifs is 1. The van der Waals surface area contributed by atoms with Crippen molar-refractivity contribution in [3.63, 3.8) is 0 Å². The maximum atomic E-state index is 13.4. The van der Waals surface area contributed by atoms with E-state index >= 15 is 0 Å². The van der Waals surface area contributed by atoms with Gasteiger partial charge in [0, 0.05) is 28.9 Å². The molecule has 198 valence electrons. The molecule has 40 heavy (non-hydrogen) atoms. The normalized spacial score (nSPS) is 11.0. The molecule has 1 N–H and O–H groups in total. The average molecular weight is 534 g/mol. The number of aryl methyl sites for hydroxylation is 1. The second-order valence-electron chi connectivity index (χ2n) is 8.81. The van der Waals surface area contributed by atoms with Gasteiger partial charge in [-0.25, -0.2) is 4.98 Å². The van der Waals surface area contributed by atoms with E-state index in [0.717, 1.165) is 10.2 Å². The number of anilines is 1. The number of benzene rings is 4. The van der Waals surface area contributed by atoms with E-state index in [-0.39, 0.29) is 23.6 Å². The number of aromatic nitrogens is 2. The number of para-hydroxylation sites is 2. The van der Waals surface area contributed by atoms with E-state index in [9.17, 15) is 19.7 Å². The van der Waals surface area contributed by atoms with Gasteiger partial charge in [-0.15, -0.1) is 0 Å². The van der Waals surface area contributed by atoms with Gasteiger partial charge < -0.3 is 10.1 Å². The monoisotopic (exact) mass is 533 g/mol. The van der Waals surface area contributed by atoms with Crippen molar-refractivity contribution in [3.8, 4) is 17.1 Å². The molecule has 10 heteroatoms. The van der Waals surface area contributed by atoms with E-state index < -0.39 is 16.4 Å². The summed E-state index contributed by atoms with van der Waals surface area (Å²) in [6.07, 6.45) is 1.28. The van der Waals surface area contributed by atoms with Gasteiger partial charge in [0.25, 0.3) is 17.2 Å². The molecule has 4 aromatic carbocycles. The van der Waals surface area contributed by atoms with Crippen LogP contribution in [0.15, 0.2) is 107 Å². The molecule has 0 aliphatic rings. The molecule has 1 aromatic heterocycles. The number of amides is 1. The van der Waals surface area contributed by atoms with Crippen LogP contribution in [0.25, 0.3) is 22.3 Å².